The molecule has 1 amide bonds. The van der Waals surface area contributed by atoms with Crippen molar-refractivity contribution in [3.8, 4) is 6.07 Å². The maximum atomic E-state index is 12.8. The van der Waals surface area contributed by atoms with Crippen LogP contribution in [0.4, 0.5) is 4.39 Å². The van der Waals surface area contributed by atoms with Crippen molar-refractivity contribution in [2.24, 2.45) is 5.92 Å². The summed E-state index contributed by atoms with van der Waals surface area (Å²) in [7, 11) is 1.22. The number of esters is 1. The molecule has 1 N–H and O–H groups in total. The Morgan fingerprint density at radius 3 is 2.52 bits per heavy atom. The summed E-state index contributed by atoms with van der Waals surface area (Å²) in [5.74, 6) is -1.75. The highest BCUT2D eigenvalue weighted by Crippen LogP contribution is 2.08. The Kier molecular flexibility index (Phi) is 6.34. The Morgan fingerprint density at radius 1 is 1.38 bits per heavy atom. The number of amides is 1. The minimum absolute atomic E-state index is 0.0225. The lowest BCUT2D eigenvalue weighted by molar-refractivity contribution is -0.145. The third-order valence-corrected chi connectivity index (χ3v) is 2.91. The van der Waals surface area contributed by atoms with Gasteiger partial charge in [-0.15, -0.1) is 0 Å². The highest BCUT2D eigenvalue weighted by Gasteiger charge is 2.23. The van der Waals surface area contributed by atoms with Gasteiger partial charge >= 0.3 is 5.97 Å². The van der Waals surface area contributed by atoms with Gasteiger partial charge in [0.15, 0.2) is 0 Å². The zero-order valence-corrected chi connectivity index (χ0v) is 11.9. The summed E-state index contributed by atoms with van der Waals surface area (Å²) in [6.45, 7) is 1.65. The number of carbonyl (C=O) groups excluding carboxylic acids is 2. The molecule has 21 heavy (non-hydrogen) atoms. The molecule has 0 aliphatic rings. The molecule has 6 heteroatoms. The summed E-state index contributed by atoms with van der Waals surface area (Å²) >= 11 is 0. The van der Waals surface area contributed by atoms with Crippen LogP contribution in [0.25, 0.3) is 0 Å². The lowest BCUT2D eigenvalue weighted by Gasteiger charge is -2.17. The first-order valence-electron chi connectivity index (χ1n) is 6.47. The molecule has 2 atom stereocenters. The van der Waals surface area contributed by atoms with E-state index >= 15 is 0 Å². The summed E-state index contributed by atoms with van der Waals surface area (Å²) in [5.41, 5.74) is 0.630. The van der Waals surface area contributed by atoms with E-state index in [4.69, 9.17) is 5.26 Å². The van der Waals surface area contributed by atoms with Gasteiger partial charge in [0.05, 0.1) is 19.6 Å². The lowest BCUT2D eigenvalue weighted by Crippen LogP contribution is -2.43. The number of halogens is 1. The second kappa shape index (κ2) is 8.00. The van der Waals surface area contributed by atoms with E-state index in [-0.39, 0.29) is 30.5 Å². The van der Waals surface area contributed by atoms with Crippen molar-refractivity contribution >= 4 is 11.9 Å². The number of ether oxygens (including phenoxy) is 1. The normalized spacial score (nSPS) is 12.9. The second-order valence-electron chi connectivity index (χ2n) is 4.71. The summed E-state index contributed by atoms with van der Waals surface area (Å²) in [6, 6.07) is 6.66. The third kappa shape index (κ3) is 5.61. The van der Waals surface area contributed by atoms with E-state index in [2.05, 4.69) is 10.1 Å². The van der Waals surface area contributed by atoms with Gasteiger partial charge in [-0.25, -0.2) is 9.18 Å². The maximum absolute atomic E-state index is 12.8. The monoisotopic (exact) mass is 292 g/mol. The first kappa shape index (κ1) is 16.6. The van der Waals surface area contributed by atoms with Crippen LogP contribution in [0, 0.1) is 23.1 Å². The average Bonchev–Trinajstić information content (AvgIpc) is 2.47. The van der Waals surface area contributed by atoms with Crippen LogP contribution >= 0.6 is 0 Å². The van der Waals surface area contributed by atoms with E-state index in [1.165, 1.54) is 31.4 Å². The Balaban J connectivity index is 2.65. The molecule has 0 heterocycles. The van der Waals surface area contributed by atoms with Crippen molar-refractivity contribution in [3.05, 3.63) is 35.6 Å². The lowest BCUT2D eigenvalue weighted by atomic mass is 10.0. The van der Waals surface area contributed by atoms with E-state index in [1.54, 1.807) is 6.92 Å². The average molecular weight is 292 g/mol. The molecular formula is C15H17FN2O3. The molecule has 0 aliphatic carbocycles. The maximum Gasteiger partial charge on any atom is 0.328 e. The molecule has 1 rings (SSSR count). The van der Waals surface area contributed by atoms with Crippen molar-refractivity contribution in [1.82, 2.24) is 5.32 Å². The highest BCUT2D eigenvalue weighted by atomic mass is 19.1. The summed E-state index contributed by atoms with van der Waals surface area (Å²) in [4.78, 5) is 23.5. The molecule has 0 radical (unpaired) electrons. The molecule has 0 saturated heterocycles. The van der Waals surface area contributed by atoms with Crippen LogP contribution in [-0.2, 0) is 20.7 Å². The topological polar surface area (TPSA) is 79.2 Å². The zero-order valence-electron chi connectivity index (χ0n) is 11.9. The first-order chi connectivity index (χ1) is 9.96. The fraction of sp³-hybridized carbons (Fsp3) is 0.400. The van der Waals surface area contributed by atoms with Gasteiger partial charge in [0, 0.05) is 5.92 Å². The number of nitrogens with zero attached hydrogens (tertiary/aromatic N) is 1. The summed E-state index contributed by atoms with van der Waals surface area (Å²) in [6.07, 6.45) is 0.201. The molecule has 1 aromatic carbocycles. The molecule has 112 valence electrons. The molecule has 1 aromatic rings. The molecule has 0 bridgehead atoms. The number of methoxy groups -OCH3 is 1. The number of rotatable bonds is 6. The van der Waals surface area contributed by atoms with Crippen LogP contribution in [0.15, 0.2) is 24.3 Å². The number of benzene rings is 1. The van der Waals surface area contributed by atoms with E-state index in [0.29, 0.717) is 5.56 Å². The fourth-order valence-corrected chi connectivity index (χ4v) is 1.80. The Labute approximate surface area is 122 Å². The molecule has 0 aliphatic heterocycles. The molecule has 0 saturated carbocycles. The molecule has 0 spiro atoms. The van der Waals surface area contributed by atoms with Gasteiger partial charge < -0.3 is 10.1 Å². The quantitative estimate of drug-likeness (QED) is 0.807. The van der Waals surface area contributed by atoms with Crippen molar-refractivity contribution in [3.63, 3.8) is 0 Å². The number of nitriles is 1. The van der Waals surface area contributed by atoms with Crippen LogP contribution in [0.5, 0.6) is 0 Å². The first-order valence-corrected chi connectivity index (χ1v) is 6.47. The predicted molar refractivity (Wildman–Crippen MR) is 73.4 cm³/mol. The molecular weight excluding hydrogens is 275 g/mol. The van der Waals surface area contributed by atoms with Crippen molar-refractivity contribution in [2.45, 2.75) is 25.8 Å². The Morgan fingerprint density at radius 2 is 2.00 bits per heavy atom. The zero-order chi connectivity index (χ0) is 15.8. The molecule has 0 aromatic heterocycles. The summed E-state index contributed by atoms with van der Waals surface area (Å²) < 4.78 is 17.4. The predicted octanol–water partition coefficient (Wildman–Crippen LogP) is 1.58. The van der Waals surface area contributed by atoms with E-state index in [9.17, 15) is 14.0 Å². The van der Waals surface area contributed by atoms with Crippen molar-refractivity contribution < 1.29 is 18.7 Å². The van der Waals surface area contributed by atoms with Crippen LogP contribution in [0.1, 0.15) is 18.9 Å². The SMILES string of the molecule is COC(=O)[C@H](C[C@H](C)C#N)NC(=O)Cc1ccc(F)cc1. The van der Waals surface area contributed by atoms with Crippen LogP contribution in [-0.4, -0.2) is 25.0 Å². The van der Waals surface area contributed by atoms with Gasteiger partial charge in [-0.2, -0.15) is 5.26 Å². The highest BCUT2D eigenvalue weighted by molar-refractivity contribution is 5.85. The standard InChI is InChI=1S/C15H17FN2O3/c1-10(9-17)7-13(15(20)21-2)18-14(19)8-11-3-5-12(16)6-4-11/h3-6,10,13H,7-8H2,1-2H3,(H,18,19)/t10-,13-/m0/s1. The number of nitrogens with one attached hydrogen (secondary N) is 1. The third-order valence-electron chi connectivity index (χ3n) is 2.91. The van der Waals surface area contributed by atoms with Gasteiger partial charge in [0.25, 0.3) is 0 Å². The Hall–Kier alpha value is -2.42. The van der Waals surface area contributed by atoms with Gasteiger partial charge in [-0.05, 0) is 31.0 Å². The van der Waals surface area contributed by atoms with Crippen LogP contribution in [0.2, 0.25) is 0 Å². The molecule has 0 unspecified atom stereocenters. The van der Waals surface area contributed by atoms with Gasteiger partial charge in [0.1, 0.15) is 11.9 Å². The van der Waals surface area contributed by atoms with Gasteiger partial charge in [-0.1, -0.05) is 12.1 Å². The number of carbonyl (C=O) groups is 2. The van der Waals surface area contributed by atoms with E-state index in [0.717, 1.165) is 0 Å². The largest absolute Gasteiger partial charge is 0.467 e. The van der Waals surface area contributed by atoms with Gasteiger partial charge in [0.2, 0.25) is 5.91 Å². The smallest absolute Gasteiger partial charge is 0.328 e. The minimum atomic E-state index is -0.863. The van der Waals surface area contributed by atoms with E-state index < -0.39 is 12.0 Å². The second-order valence-corrected chi connectivity index (χ2v) is 4.71. The van der Waals surface area contributed by atoms with Gasteiger partial charge in [-0.3, -0.25) is 4.79 Å². The van der Waals surface area contributed by atoms with Crippen molar-refractivity contribution in [2.75, 3.05) is 7.11 Å². The number of hydrogen-bond acceptors (Lipinski definition) is 4. The molecule has 5 nitrogen and oxygen atoms in total. The van der Waals surface area contributed by atoms with E-state index in [1.807, 2.05) is 6.07 Å². The number of hydrogen-bond donors (Lipinski definition) is 1. The summed E-state index contributed by atoms with van der Waals surface area (Å²) in [5, 5.41) is 11.3. The van der Waals surface area contributed by atoms with Crippen molar-refractivity contribution in [1.29, 1.82) is 5.26 Å². The fourth-order valence-electron chi connectivity index (χ4n) is 1.80. The minimum Gasteiger partial charge on any atom is -0.467 e. The van der Waals surface area contributed by atoms with Crippen LogP contribution < -0.4 is 5.32 Å². The molecule has 0 fully saturated rings. The Bertz CT molecular complexity index is 537. The van der Waals surface area contributed by atoms with Crippen LogP contribution in [0.3, 0.4) is 0 Å².